The van der Waals surface area contributed by atoms with Crippen LogP contribution in [0.3, 0.4) is 0 Å². The highest BCUT2D eigenvalue weighted by Gasteiger charge is 2.16. The molecule has 118 valence electrons. The Bertz CT molecular complexity index is 749. The fraction of sp³-hybridized carbons (Fsp3) is 0.353. The van der Waals surface area contributed by atoms with Crippen LogP contribution in [0.2, 0.25) is 0 Å². The zero-order valence-corrected chi connectivity index (χ0v) is 12.9. The standard InChI is InChI=1S/C17H18N4O2/c1-3-12-6-7-14(15(22)9-12)16-11(2)19-17(21-20-16)18-10-13-5-4-8-23-13/h1,6-7,9,13,22H,4-5,8,10H2,2H3,(H,18,19,21)/t13-/m0/s1. The second kappa shape index (κ2) is 6.63. The lowest BCUT2D eigenvalue weighted by Gasteiger charge is -2.12. The van der Waals surface area contributed by atoms with Gasteiger partial charge < -0.3 is 15.2 Å². The Balaban J connectivity index is 1.77. The number of aromatic nitrogens is 3. The van der Waals surface area contributed by atoms with Crippen molar-refractivity contribution in [3.05, 3.63) is 29.5 Å². The van der Waals surface area contributed by atoms with Crippen molar-refractivity contribution < 1.29 is 9.84 Å². The molecule has 1 aliphatic rings. The number of hydrogen-bond donors (Lipinski definition) is 2. The molecule has 0 bridgehead atoms. The van der Waals surface area contributed by atoms with Crippen molar-refractivity contribution in [3.63, 3.8) is 0 Å². The maximum Gasteiger partial charge on any atom is 0.243 e. The van der Waals surface area contributed by atoms with Crippen LogP contribution < -0.4 is 5.32 Å². The van der Waals surface area contributed by atoms with Gasteiger partial charge in [0.05, 0.1) is 11.8 Å². The first kappa shape index (κ1) is 15.3. The molecular formula is C17H18N4O2. The number of phenols is 1. The molecule has 1 fully saturated rings. The van der Waals surface area contributed by atoms with Crippen molar-refractivity contribution in [1.29, 1.82) is 0 Å². The van der Waals surface area contributed by atoms with Gasteiger partial charge in [-0.15, -0.1) is 16.6 Å². The SMILES string of the molecule is C#Cc1ccc(-c2nnc(NC[C@@H]3CCCO3)nc2C)c(O)c1. The van der Waals surface area contributed by atoms with Gasteiger partial charge in [-0.25, -0.2) is 4.98 Å². The number of aryl methyl sites for hydroxylation is 1. The first-order valence-corrected chi connectivity index (χ1v) is 7.54. The van der Waals surface area contributed by atoms with E-state index in [4.69, 9.17) is 11.2 Å². The van der Waals surface area contributed by atoms with Gasteiger partial charge in [0, 0.05) is 24.3 Å². The lowest BCUT2D eigenvalue weighted by Crippen LogP contribution is -2.20. The van der Waals surface area contributed by atoms with Gasteiger partial charge in [0.1, 0.15) is 11.4 Å². The van der Waals surface area contributed by atoms with Crippen molar-refractivity contribution in [2.75, 3.05) is 18.5 Å². The van der Waals surface area contributed by atoms with Crippen LogP contribution in [0.4, 0.5) is 5.95 Å². The minimum absolute atomic E-state index is 0.0692. The Hall–Kier alpha value is -2.65. The predicted octanol–water partition coefficient (Wildman–Crippen LogP) is 2.12. The highest BCUT2D eigenvalue weighted by atomic mass is 16.5. The number of anilines is 1. The van der Waals surface area contributed by atoms with Crippen LogP contribution in [0.5, 0.6) is 5.75 Å². The second-order valence-electron chi connectivity index (χ2n) is 5.46. The van der Waals surface area contributed by atoms with Gasteiger partial charge in [0.25, 0.3) is 0 Å². The first-order valence-electron chi connectivity index (χ1n) is 7.54. The minimum Gasteiger partial charge on any atom is -0.507 e. The van der Waals surface area contributed by atoms with Crippen LogP contribution in [0, 0.1) is 19.3 Å². The molecule has 1 saturated heterocycles. The molecular weight excluding hydrogens is 292 g/mol. The summed E-state index contributed by atoms with van der Waals surface area (Å²) in [4.78, 5) is 4.40. The molecule has 0 aliphatic carbocycles. The normalized spacial score (nSPS) is 17.0. The van der Waals surface area contributed by atoms with Crippen molar-refractivity contribution in [1.82, 2.24) is 15.2 Å². The van der Waals surface area contributed by atoms with E-state index >= 15 is 0 Å². The van der Waals surface area contributed by atoms with E-state index in [1.54, 1.807) is 12.1 Å². The Morgan fingerprint density at radius 1 is 1.43 bits per heavy atom. The largest absolute Gasteiger partial charge is 0.507 e. The highest BCUT2D eigenvalue weighted by molar-refractivity contribution is 5.69. The molecule has 3 rings (SSSR count). The van der Waals surface area contributed by atoms with Crippen LogP contribution in [-0.4, -0.2) is 39.5 Å². The number of rotatable bonds is 4. The molecule has 0 spiro atoms. The topological polar surface area (TPSA) is 80.2 Å². The Kier molecular flexibility index (Phi) is 4.40. The third kappa shape index (κ3) is 3.41. The monoisotopic (exact) mass is 310 g/mol. The van der Waals surface area contributed by atoms with Gasteiger partial charge in [-0.3, -0.25) is 0 Å². The van der Waals surface area contributed by atoms with Crippen molar-refractivity contribution >= 4 is 5.95 Å². The third-order valence-corrected chi connectivity index (χ3v) is 3.79. The molecule has 1 atom stereocenters. The molecule has 2 heterocycles. The van der Waals surface area contributed by atoms with Crippen molar-refractivity contribution in [2.45, 2.75) is 25.9 Å². The average Bonchev–Trinajstić information content (AvgIpc) is 3.07. The number of nitrogens with zero attached hydrogens (tertiary/aromatic N) is 3. The number of phenolic OH excluding ortho intramolecular Hbond substituents is 1. The summed E-state index contributed by atoms with van der Waals surface area (Å²) in [7, 11) is 0. The number of benzene rings is 1. The molecule has 6 nitrogen and oxygen atoms in total. The van der Waals surface area contributed by atoms with Gasteiger partial charge in [0.15, 0.2) is 0 Å². The van der Waals surface area contributed by atoms with Crippen molar-refractivity contribution in [2.24, 2.45) is 0 Å². The Morgan fingerprint density at radius 3 is 2.96 bits per heavy atom. The van der Waals surface area contributed by atoms with Gasteiger partial charge in [-0.1, -0.05) is 5.92 Å². The molecule has 0 unspecified atom stereocenters. The zero-order valence-electron chi connectivity index (χ0n) is 12.9. The lowest BCUT2D eigenvalue weighted by molar-refractivity contribution is 0.120. The average molecular weight is 310 g/mol. The predicted molar refractivity (Wildman–Crippen MR) is 87.1 cm³/mol. The van der Waals surface area contributed by atoms with Crippen molar-refractivity contribution in [3.8, 4) is 29.4 Å². The fourth-order valence-corrected chi connectivity index (χ4v) is 2.56. The zero-order chi connectivity index (χ0) is 16.2. The summed E-state index contributed by atoms with van der Waals surface area (Å²) in [5.41, 5.74) is 2.39. The third-order valence-electron chi connectivity index (χ3n) is 3.79. The van der Waals surface area contributed by atoms with E-state index in [1.807, 2.05) is 6.92 Å². The number of aromatic hydroxyl groups is 1. The number of ether oxygens (including phenoxy) is 1. The van der Waals surface area contributed by atoms with Crippen LogP contribution in [-0.2, 0) is 4.74 Å². The van der Waals surface area contributed by atoms with Gasteiger partial charge >= 0.3 is 0 Å². The van der Waals surface area contributed by atoms with E-state index in [0.29, 0.717) is 35.0 Å². The fourth-order valence-electron chi connectivity index (χ4n) is 2.56. The summed E-state index contributed by atoms with van der Waals surface area (Å²) in [6, 6.07) is 5.00. The smallest absolute Gasteiger partial charge is 0.243 e. The second-order valence-corrected chi connectivity index (χ2v) is 5.46. The van der Waals surface area contributed by atoms with E-state index in [1.165, 1.54) is 6.07 Å². The Labute approximate surface area is 134 Å². The maximum atomic E-state index is 10.1. The van der Waals surface area contributed by atoms with Gasteiger partial charge in [-0.05, 0) is 38.0 Å². The molecule has 0 amide bonds. The summed E-state index contributed by atoms with van der Waals surface area (Å²) in [6.45, 7) is 3.31. The molecule has 1 aliphatic heterocycles. The van der Waals surface area contributed by atoms with E-state index < -0.39 is 0 Å². The highest BCUT2D eigenvalue weighted by Crippen LogP contribution is 2.29. The number of terminal acetylenes is 1. The summed E-state index contributed by atoms with van der Waals surface area (Å²) in [5.74, 6) is 3.01. The Morgan fingerprint density at radius 2 is 2.30 bits per heavy atom. The summed E-state index contributed by atoms with van der Waals surface area (Å²) in [6.07, 6.45) is 7.67. The van der Waals surface area contributed by atoms with Crippen LogP contribution >= 0.6 is 0 Å². The molecule has 0 saturated carbocycles. The van der Waals surface area contributed by atoms with Crippen LogP contribution in [0.25, 0.3) is 11.3 Å². The number of nitrogens with one attached hydrogen (secondary N) is 1. The molecule has 6 heteroatoms. The molecule has 2 N–H and O–H groups in total. The quantitative estimate of drug-likeness (QED) is 0.842. The lowest BCUT2D eigenvalue weighted by atomic mass is 10.1. The van der Waals surface area contributed by atoms with E-state index in [2.05, 4.69) is 26.4 Å². The molecule has 2 aromatic rings. The summed E-state index contributed by atoms with van der Waals surface area (Å²) in [5, 5.41) is 21.5. The van der Waals surface area contributed by atoms with Gasteiger partial charge in [0.2, 0.25) is 5.95 Å². The van der Waals surface area contributed by atoms with E-state index in [9.17, 15) is 5.11 Å². The van der Waals surface area contributed by atoms with E-state index in [0.717, 1.165) is 19.4 Å². The minimum atomic E-state index is 0.0692. The molecule has 0 radical (unpaired) electrons. The molecule has 23 heavy (non-hydrogen) atoms. The number of hydrogen-bond acceptors (Lipinski definition) is 6. The van der Waals surface area contributed by atoms with Crippen LogP contribution in [0.1, 0.15) is 24.1 Å². The maximum absolute atomic E-state index is 10.1. The summed E-state index contributed by atoms with van der Waals surface area (Å²) < 4.78 is 5.55. The van der Waals surface area contributed by atoms with E-state index in [-0.39, 0.29) is 11.9 Å². The molecule has 1 aromatic carbocycles. The first-order chi connectivity index (χ1) is 11.2. The summed E-state index contributed by atoms with van der Waals surface area (Å²) >= 11 is 0. The van der Waals surface area contributed by atoms with Gasteiger partial charge in [-0.2, -0.15) is 0 Å². The van der Waals surface area contributed by atoms with Crippen LogP contribution in [0.15, 0.2) is 18.2 Å². The molecule has 1 aromatic heterocycles.